The average Bonchev–Trinajstić information content (AvgIpc) is 2.25. The Kier molecular flexibility index (Phi) is 4.36. The molecule has 1 rings (SSSR count). The fourth-order valence-corrected chi connectivity index (χ4v) is 2.52. The fraction of sp³-hybridized carbons (Fsp3) is 0.917. The van der Waals surface area contributed by atoms with Crippen LogP contribution in [0.15, 0.2) is 0 Å². The highest BCUT2D eigenvalue weighted by atomic mass is 19.1. The van der Waals surface area contributed by atoms with Crippen molar-refractivity contribution in [1.82, 2.24) is 4.90 Å². The highest BCUT2D eigenvalue weighted by molar-refractivity contribution is 5.65. The minimum Gasteiger partial charge on any atom is -0.465 e. The number of alkyl halides is 1. The molecule has 100 valence electrons. The Bertz CT molecular complexity index is 277. The van der Waals surface area contributed by atoms with Crippen LogP contribution in [-0.4, -0.2) is 46.6 Å². The normalized spacial score (nSPS) is 27.9. The van der Waals surface area contributed by atoms with Gasteiger partial charge >= 0.3 is 6.09 Å². The summed E-state index contributed by atoms with van der Waals surface area (Å²) in [5.74, 6) is -0.236. The van der Waals surface area contributed by atoms with Gasteiger partial charge in [-0.2, -0.15) is 0 Å². The summed E-state index contributed by atoms with van der Waals surface area (Å²) in [4.78, 5) is 12.5. The van der Waals surface area contributed by atoms with Gasteiger partial charge in [0.05, 0.1) is 6.61 Å². The van der Waals surface area contributed by atoms with Gasteiger partial charge in [0.1, 0.15) is 6.17 Å². The van der Waals surface area contributed by atoms with Crippen LogP contribution in [0.3, 0.4) is 0 Å². The molecule has 0 spiro atoms. The molecule has 1 aliphatic heterocycles. The van der Waals surface area contributed by atoms with Crippen molar-refractivity contribution in [3.63, 3.8) is 0 Å². The summed E-state index contributed by atoms with van der Waals surface area (Å²) in [6, 6.07) is -0.191. The number of hydrogen-bond acceptors (Lipinski definition) is 2. The molecule has 1 saturated heterocycles. The second-order valence-electron chi connectivity index (χ2n) is 5.84. The number of amides is 1. The minimum atomic E-state index is -1.24. The summed E-state index contributed by atoms with van der Waals surface area (Å²) in [5.41, 5.74) is -0.216. The first kappa shape index (κ1) is 14.2. The summed E-state index contributed by atoms with van der Waals surface area (Å²) in [6.45, 7) is 5.75. The molecule has 0 bridgehead atoms. The summed E-state index contributed by atoms with van der Waals surface area (Å²) in [6.07, 6.45) is -1.21. The fourth-order valence-electron chi connectivity index (χ4n) is 2.52. The van der Waals surface area contributed by atoms with E-state index < -0.39 is 18.9 Å². The number of likely N-dealkylation sites (tertiary alicyclic amines) is 1. The van der Waals surface area contributed by atoms with E-state index >= 15 is 0 Å². The number of nitrogens with zero attached hydrogens (tertiary/aromatic N) is 1. The molecule has 0 saturated carbocycles. The molecule has 1 heterocycles. The highest BCUT2D eigenvalue weighted by Gasteiger charge is 2.40. The van der Waals surface area contributed by atoms with Crippen molar-refractivity contribution in [2.75, 3.05) is 13.2 Å². The number of rotatable bonds is 2. The molecular weight excluding hydrogens is 225 g/mol. The number of aliphatic hydroxyl groups is 1. The van der Waals surface area contributed by atoms with Crippen LogP contribution in [0.25, 0.3) is 0 Å². The van der Waals surface area contributed by atoms with Crippen LogP contribution in [0.1, 0.15) is 33.6 Å². The van der Waals surface area contributed by atoms with E-state index in [1.165, 1.54) is 4.90 Å². The van der Waals surface area contributed by atoms with Crippen molar-refractivity contribution in [1.29, 1.82) is 0 Å². The average molecular weight is 247 g/mol. The Morgan fingerprint density at radius 1 is 1.53 bits per heavy atom. The first-order chi connectivity index (χ1) is 7.77. The Hall–Kier alpha value is -0.840. The molecular formula is C12H22FNO3. The Labute approximate surface area is 101 Å². The van der Waals surface area contributed by atoms with Gasteiger partial charge in [0.15, 0.2) is 0 Å². The van der Waals surface area contributed by atoms with Gasteiger partial charge in [-0.3, -0.25) is 0 Å². The maximum atomic E-state index is 13.5. The van der Waals surface area contributed by atoms with E-state index in [1.807, 2.05) is 20.8 Å². The molecule has 0 aromatic heterocycles. The minimum absolute atomic E-state index is 0.191. The number of carbonyl (C=O) groups is 1. The van der Waals surface area contributed by atoms with Gasteiger partial charge in [-0.05, 0) is 24.2 Å². The van der Waals surface area contributed by atoms with Gasteiger partial charge in [0, 0.05) is 12.6 Å². The lowest BCUT2D eigenvalue weighted by Crippen LogP contribution is -2.52. The Balaban J connectivity index is 2.81. The van der Waals surface area contributed by atoms with Gasteiger partial charge < -0.3 is 15.1 Å². The quantitative estimate of drug-likeness (QED) is 0.785. The molecule has 2 N–H and O–H groups in total. The van der Waals surface area contributed by atoms with Crippen molar-refractivity contribution in [3.05, 3.63) is 0 Å². The molecule has 0 radical (unpaired) electrons. The maximum Gasteiger partial charge on any atom is 0.407 e. The second kappa shape index (κ2) is 5.21. The van der Waals surface area contributed by atoms with Crippen LogP contribution in [0, 0.1) is 11.3 Å². The zero-order valence-electron chi connectivity index (χ0n) is 10.7. The topological polar surface area (TPSA) is 60.8 Å². The van der Waals surface area contributed by atoms with Crippen LogP contribution < -0.4 is 0 Å². The van der Waals surface area contributed by atoms with E-state index in [2.05, 4.69) is 0 Å². The van der Waals surface area contributed by atoms with E-state index in [9.17, 15) is 9.18 Å². The molecule has 3 atom stereocenters. The van der Waals surface area contributed by atoms with Crippen molar-refractivity contribution in [3.8, 4) is 0 Å². The second-order valence-corrected chi connectivity index (χ2v) is 5.84. The largest absolute Gasteiger partial charge is 0.465 e. The highest BCUT2D eigenvalue weighted by Crippen LogP contribution is 2.36. The van der Waals surface area contributed by atoms with E-state index in [0.717, 1.165) is 0 Å². The first-order valence-electron chi connectivity index (χ1n) is 6.02. The number of carboxylic acid groups (broad SMARTS) is 1. The van der Waals surface area contributed by atoms with Gasteiger partial charge in [-0.15, -0.1) is 0 Å². The molecule has 2 unspecified atom stereocenters. The molecule has 1 fully saturated rings. The van der Waals surface area contributed by atoms with Crippen LogP contribution in [0.5, 0.6) is 0 Å². The lowest BCUT2D eigenvalue weighted by molar-refractivity contribution is 0.0100. The number of hydrogen-bond donors (Lipinski definition) is 2. The molecule has 5 heteroatoms. The third-order valence-electron chi connectivity index (χ3n) is 3.57. The number of halogens is 1. The molecule has 1 aliphatic rings. The lowest BCUT2D eigenvalue weighted by atomic mass is 9.76. The Morgan fingerprint density at radius 2 is 2.12 bits per heavy atom. The summed E-state index contributed by atoms with van der Waals surface area (Å²) >= 11 is 0. The standard InChI is InChI=1S/C12H22FNO3/c1-12(2,3)10-6-8(9(13)7-15)4-5-14(10)11(16)17/h8-10,15H,4-7H2,1-3H3,(H,16,17)/t8?,9?,10-/m1/s1. The van der Waals surface area contributed by atoms with E-state index in [0.29, 0.717) is 19.4 Å². The van der Waals surface area contributed by atoms with E-state index in [4.69, 9.17) is 10.2 Å². The molecule has 4 nitrogen and oxygen atoms in total. The van der Waals surface area contributed by atoms with Gasteiger partial charge in [0.2, 0.25) is 0 Å². The number of aliphatic hydroxyl groups excluding tert-OH is 1. The van der Waals surface area contributed by atoms with Crippen LogP contribution in [-0.2, 0) is 0 Å². The summed E-state index contributed by atoms with van der Waals surface area (Å²) in [5, 5.41) is 18.0. The SMILES string of the molecule is CC(C)(C)[C@H]1CC(C(F)CO)CCN1C(=O)O. The van der Waals surface area contributed by atoms with Gasteiger partial charge in [-0.1, -0.05) is 20.8 Å². The van der Waals surface area contributed by atoms with Gasteiger partial charge in [-0.25, -0.2) is 9.18 Å². The number of piperidine rings is 1. The molecule has 17 heavy (non-hydrogen) atoms. The molecule has 0 aromatic carbocycles. The van der Waals surface area contributed by atoms with E-state index in [1.54, 1.807) is 0 Å². The molecule has 0 aromatic rings. The van der Waals surface area contributed by atoms with Crippen LogP contribution in [0.2, 0.25) is 0 Å². The van der Waals surface area contributed by atoms with E-state index in [-0.39, 0.29) is 17.4 Å². The monoisotopic (exact) mass is 247 g/mol. The summed E-state index contributed by atoms with van der Waals surface area (Å²) < 4.78 is 13.5. The molecule has 0 aliphatic carbocycles. The lowest BCUT2D eigenvalue weighted by Gasteiger charge is -2.45. The van der Waals surface area contributed by atoms with Gasteiger partial charge in [0.25, 0.3) is 0 Å². The smallest absolute Gasteiger partial charge is 0.407 e. The summed E-state index contributed by atoms with van der Waals surface area (Å²) in [7, 11) is 0. The third-order valence-corrected chi connectivity index (χ3v) is 3.57. The predicted molar refractivity (Wildman–Crippen MR) is 62.7 cm³/mol. The third kappa shape index (κ3) is 3.31. The van der Waals surface area contributed by atoms with Crippen molar-refractivity contribution in [2.24, 2.45) is 11.3 Å². The molecule has 1 amide bonds. The predicted octanol–water partition coefficient (Wildman–Crippen LogP) is 2.12. The van der Waals surface area contributed by atoms with Crippen LogP contribution >= 0.6 is 0 Å². The zero-order valence-corrected chi connectivity index (χ0v) is 10.7. The Morgan fingerprint density at radius 3 is 2.53 bits per heavy atom. The van der Waals surface area contributed by atoms with Crippen LogP contribution in [0.4, 0.5) is 9.18 Å². The zero-order chi connectivity index (χ0) is 13.2. The van der Waals surface area contributed by atoms with Crippen molar-refractivity contribution in [2.45, 2.75) is 45.8 Å². The maximum absolute atomic E-state index is 13.5. The van der Waals surface area contributed by atoms with Crippen molar-refractivity contribution >= 4 is 6.09 Å². The first-order valence-corrected chi connectivity index (χ1v) is 6.02. The van der Waals surface area contributed by atoms with Crippen molar-refractivity contribution < 1.29 is 19.4 Å².